The Labute approximate surface area is 173 Å². The molecule has 5 heteroatoms. The molecule has 1 heterocycles. The second-order valence-corrected chi connectivity index (χ2v) is 7.96. The molecule has 29 heavy (non-hydrogen) atoms. The van der Waals surface area contributed by atoms with Crippen LogP contribution in [0, 0.1) is 5.92 Å². The third-order valence-corrected chi connectivity index (χ3v) is 5.73. The van der Waals surface area contributed by atoms with Crippen molar-refractivity contribution in [3.05, 3.63) is 59.7 Å². The van der Waals surface area contributed by atoms with Crippen molar-refractivity contribution in [2.45, 2.75) is 26.2 Å². The van der Waals surface area contributed by atoms with Crippen LogP contribution in [-0.4, -0.2) is 54.8 Å². The van der Waals surface area contributed by atoms with Crippen LogP contribution in [0.5, 0.6) is 0 Å². The summed E-state index contributed by atoms with van der Waals surface area (Å²) in [5, 5.41) is 0. The summed E-state index contributed by atoms with van der Waals surface area (Å²) in [6, 6.07) is 16.1. The fraction of sp³-hybridized carbons (Fsp3) is 0.417. The Balaban J connectivity index is 1.65. The van der Waals surface area contributed by atoms with Crippen LogP contribution in [0.25, 0.3) is 11.1 Å². The van der Waals surface area contributed by atoms with E-state index < -0.39 is 0 Å². The third kappa shape index (κ3) is 5.45. The first-order valence-electron chi connectivity index (χ1n) is 10.4. The first-order chi connectivity index (χ1) is 14.0. The zero-order valence-electron chi connectivity index (χ0n) is 17.4. The number of piperazine rings is 1. The minimum absolute atomic E-state index is 0.105. The lowest BCUT2D eigenvalue weighted by molar-refractivity contribution is -0.122. The number of hydrogen-bond acceptors (Lipinski definition) is 3. The molecule has 1 aliphatic rings. The molecule has 5 nitrogen and oxygen atoms in total. The lowest BCUT2D eigenvalue weighted by Gasteiger charge is -2.32. The van der Waals surface area contributed by atoms with Gasteiger partial charge in [0, 0.05) is 37.7 Å². The Morgan fingerprint density at radius 1 is 0.931 bits per heavy atom. The number of nitrogens with zero attached hydrogens (tertiary/aromatic N) is 2. The van der Waals surface area contributed by atoms with Crippen LogP contribution in [0.4, 0.5) is 0 Å². The summed E-state index contributed by atoms with van der Waals surface area (Å²) in [4.78, 5) is 28.4. The Morgan fingerprint density at radius 2 is 1.48 bits per heavy atom. The van der Waals surface area contributed by atoms with Gasteiger partial charge in [0.25, 0.3) is 5.91 Å². The largest absolute Gasteiger partial charge is 0.369 e. The maximum absolute atomic E-state index is 12.7. The summed E-state index contributed by atoms with van der Waals surface area (Å²) < 4.78 is 0. The number of likely N-dealkylation sites (N-methyl/N-ethyl adjacent to an activating group) is 1. The number of hydrogen-bond donors (Lipinski definition) is 1. The topological polar surface area (TPSA) is 66.6 Å². The van der Waals surface area contributed by atoms with Crippen molar-refractivity contribution >= 4 is 11.8 Å². The third-order valence-electron chi connectivity index (χ3n) is 5.73. The SMILES string of the molecule is CCCC(Cc1ccc(-c2ccc(C(=O)N3CCN(C)CC3)cc2)cc1)C(N)=O. The standard InChI is InChI=1S/C24H31N3O2/c1-3-4-22(23(25)28)17-18-5-7-19(8-6-18)20-9-11-21(12-10-20)24(29)27-15-13-26(2)14-16-27/h5-12,22H,3-4,13-17H2,1-2H3,(H2,25,28). The summed E-state index contributed by atoms with van der Waals surface area (Å²) in [5.41, 5.74) is 9.54. The summed E-state index contributed by atoms with van der Waals surface area (Å²) >= 11 is 0. The predicted molar refractivity (Wildman–Crippen MR) is 117 cm³/mol. The maximum atomic E-state index is 12.7. The molecule has 154 valence electrons. The van der Waals surface area contributed by atoms with E-state index in [0.717, 1.165) is 61.3 Å². The van der Waals surface area contributed by atoms with Gasteiger partial charge in [0.1, 0.15) is 0 Å². The number of carbonyl (C=O) groups excluding carboxylic acids is 2. The van der Waals surface area contributed by atoms with Gasteiger partial charge in [-0.1, -0.05) is 49.7 Å². The number of nitrogens with two attached hydrogens (primary N) is 1. The Bertz CT molecular complexity index is 822. The number of primary amides is 1. The predicted octanol–water partition coefficient (Wildman–Crippen LogP) is 3.19. The average molecular weight is 394 g/mol. The van der Waals surface area contributed by atoms with Gasteiger partial charge in [-0.25, -0.2) is 0 Å². The molecule has 0 aromatic heterocycles. The highest BCUT2D eigenvalue weighted by atomic mass is 16.2. The first kappa shape index (κ1) is 21.1. The van der Waals surface area contributed by atoms with Crippen molar-refractivity contribution in [3.63, 3.8) is 0 Å². The van der Waals surface area contributed by atoms with Crippen molar-refractivity contribution in [2.24, 2.45) is 11.7 Å². The van der Waals surface area contributed by atoms with Gasteiger partial charge in [0.2, 0.25) is 5.91 Å². The van der Waals surface area contributed by atoms with Crippen molar-refractivity contribution in [2.75, 3.05) is 33.2 Å². The highest BCUT2D eigenvalue weighted by molar-refractivity contribution is 5.94. The van der Waals surface area contributed by atoms with Gasteiger partial charge < -0.3 is 15.5 Å². The zero-order valence-corrected chi connectivity index (χ0v) is 17.4. The second kappa shape index (κ2) is 9.70. The van der Waals surface area contributed by atoms with E-state index in [2.05, 4.69) is 43.1 Å². The van der Waals surface area contributed by atoms with Crippen LogP contribution < -0.4 is 5.73 Å². The van der Waals surface area contributed by atoms with Gasteiger partial charge in [0.15, 0.2) is 0 Å². The molecule has 2 N–H and O–H groups in total. The summed E-state index contributed by atoms with van der Waals surface area (Å²) in [6.45, 7) is 5.47. The van der Waals surface area contributed by atoms with Crippen molar-refractivity contribution < 1.29 is 9.59 Å². The molecule has 1 unspecified atom stereocenters. The summed E-state index contributed by atoms with van der Waals surface area (Å²) in [7, 11) is 2.08. The number of benzene rings is 2. The normalized spacial score (nSPS) is 15.9. The fourth-order valence-corrected chi connectivity index (χ4v) is 3.81. The monoisotopic (exact) mass is 393 g/mol. The second-order valence-electron chi connectivity index (χ2n) is 7.96. The van der Waals surface area contributed by atoms with Gasteiger partial charge >= 0.3 is 0 Å². The van der Waals surface area contributed by atoms with Crippen molar-refractivity contribution in [1.29, 1.82) is 0 Å². The first-order valence-corrected chi connectivity index (χ1v) is 10.4. The molecular formula is C24H31N3O2. The van der Waals surface area contributed by atoms with Crippen LogP contribution in [-0.2, 0) is 11.2 Å². The van der Waals surface area contributed by atoms with Gasteiger partial charge in [-0.15, -0.1) is 0 Å². The van der Waals surface area contributed by atoms with Crippen LogP contribution >= 0.6 is 0 Å². The van der Waals surface area contributed by atoms with E-state index in [4.69, 9.17) is 5.73 Å². The van der Waals surface area contributed by atoms with Crippen LogP contribution in [0.15, 0.2) is 48.5 Å². The molecule has 2 aromatic carbocycles. The molecule has 3 rings (SSSR count). The minimum atomic E-state index is -0.225. The molecule has 0 radical (unpaired) electrons. The van der Waals surface area contributed by atoms with Gasteiger partial charge in [-0.05, 0) is 48.7 Å². The molecule has 1 aliphatic heterocycles. The number of amides is 2. The van der Waals surface area contributed by atoms with Crippen molar-refractivity contribution in [1.82, 2.24) is 9.80 Å². The summed E-state index contributed by atoms with van der Waals surface area (Å²) in [6.07, 6.45) is 2.45. The number of rotatable bonds is 7. The maximum Gasteiger partial charge on any atom is 0.253 e. The zero-order chi connectivity index (χ0) is 20.8. The van der Waals surface area contributed by atoms with Gasteiger partial charge in [-0.2, -0.15) is 0 Å². The minimum Gasteiger partial charge on any atom is -0.369 e. The van der Waals surface area contributed by atoms with Crippen LogP contribution in [0.2, 0.25) is 0 Å². The molecule has 0 bridgehead atoms. The molecule has 2 aromatic rings. The van der Waals surface area contributed by atoms with Crippen molar-refractivity contribution in [3.8, 4) is 11.1 Å². The quantitative estimate of drug-likeness (QED) is 0.786. The Morgan fingerprint density at radius 3 is 2.00 bits per heavy atom. The molecule has 2 amide bonds. The Kier molecular flexibility index (Phi) is 7.04. The summed E-state index contributed by atoms with van der Waals surface area (Å²) in [5.74, 6) is -0.226. The van der Waals surface area contributed by atoms with E-state index in [1.165, 1.54) is 0 Å². The van der Waals surface area contributed by atoms with E-state index in [1.807, 2.05) is 29.2 Å². The number of carbonyl (C=O) groups is 2. The van der Waals surface area contributed by atoms with Crippen LogP contribution in [0.1, 0.15) is 35.7 Å². The van der Waals surface area contributed by atoms with Crippen LogP contribution in [0.3, 0.4) is 0 Å². The van der Waals surface area contributed by atoms with E-state index in [9.17, 15) is 9.59 Å². The van der Waals surface area contributed by atoms with E-state index >= 15 is 0 Å². The fourth-order valence-electron chi connectivity index (χ4n) is 3.81. The molecular weight excluding hydrogens is 362 g/mol. The highest BCUT2D eigenvalue weighted by Crippen LogP contribution is 2.23. The van der Waals surface area contributed by atoms with E-state index in [1.54, 1.807) is 0 Å². The Hall–Kier alpha value is -2.66. The highest BCUT2D eigenvalue weighted by Gasteiger charge is 2.20. The van der Waals surface area contributed by atoms with E-state index in [-0.39, 0.29) is 17.7 Å². The average Bonchev–Trinajstić information content (AvgIpc) is 2.74. The molecule has 1 fully saturated rings. The molecule has 1 atom stereocenters. The molecule has 0 aliphatic carbocycles. The lowest BCUT2D eigenvalue weighted by atomic mass is 9.93. The molecule has 0 saturated carbocycles. The molecule has 0 spiro atoms. The van der Waals surface area contributed by atoms with Gasteiger partial charge in [-0.3, -0.25) is 9.59 Å². The van der Waals surface area contributed by atoms with Gasteiger partial charge in [0.05, 0.1) is 0 Å². The lowest BCUT2D eigenvalue weighted by Crippen LogP contribution is -2.47. The molecule has 1 saturated heterocycles. The van der Waals surface area contributed by atoms with E-state index in [0.29, 0.717) is 6.42 Å². The smallest absolute Gasteiger partial charge is 0.253 e.